The molecule has 0 radical (unpaired) electrons. The highest BCUT2D eigenvalue weighted by Gasteiger charge is 2.32. The van der Waals surface area contributed by atoms with Gasteiger partial charge in [-0.15, -0.1) is 0 Å². The molecule has 1 N–H and O–H groups in total. The molecule has 1 saturated heterocycles. The lowest BCUT2D eigenvalue weighted by Gasteiger charge is -2.24. The summed E-state index contributed by atoms with van der Waals surface area (Å²) in [6.07, 6.45) is 0.496. The van der Waals surface area contributed by atoms with Crippen molar-refractivity contribution in [3.8, 4) is 11.5 Å². The zero-order chi connectivity index (χ0) is 16.4. The van der Waals surface area contributed by atoms with Crippen molar-refractivity contribution in [2.45, 2.75) is 19.0 Å². The molecule has 0 unspecified atom stereocenters. The third kappa shape index (κ3) is 3.69. The second-order valence-corrected chi connectivity index (χ2v) is 8.03. The number of benzene rings is 1. The van der Waals surface area contributed by atoms with Crippen LogP contribution >= 0.6 is 0 Å². The monoisotopic (exact) mass is 340 g/mol. The minimum atomic E-state index is -3.00. The first-order valence-corrected chi connectivity index (χ1v) is 9.36. The predicted octanol–water partition coefficient (Wildman–Crippen LogP) is 0.786. The van der Waals surface area contributed by atoms with Gasteiger partial charge in [0, 0.05) is 19.6 Å². The van der Waals surface area contributed by atoms with Crippen LogP contribution in [0.1, 0.15) is 12.0 Å². The molecular weight excluding hydrogens is 320 g/mol. The smallest absolute Gasteiger partial charge is 0.317 e. The summed E-state index contributed by atoms with van der Waals surface area (Å²) in [7, 11) is -1.37. The number of rotatable bonds is 3. The van der Waals surface area contributed by atoms with E-state index in [-0.39, 0.29) is 23.6 Å². The van der Waals surface area contributed by atoms with E-state index in [0.717, 1.165) is 5.56 Å². The number of urea groups is 1. The Balaban J connectivity index is 1.56. The maximum atomic E-state index is 12.2. The van der Waals surface area contributed by atoms with Crippen LogP contribution < -0.4 is 14.8 Å². The largest absolute Gasteiger partial charge is 0.486 e. The third-order valence-corrected chi connectivity index (χ3v) is 5.88. The van der Waals surface area contributed by atoms with Gasteiger partial charge >= 0.3 is 6.03 Å². The first-order chi connectivity index (χ1) is 10.9. The topological polar surface area (TPSA) is 84.9 Å². The molecule has 8 heteroatoms. The highest BCUT2D eigenvalue weighted by molar-refractivity contribution is 7.91. The molecule has 23 heavy (non-hydrogen) atoms. The molecule has 1 aromatic carbocycles. The average Bonchev–Trinajstić information content (AvgIpc) is 2.91. The summed E-state index contributed by atoms with van der Waals surface area (Å²) in [4.78, 5) is 13.6. The molecule has 0 aromatic heterocycles. The van der Waals surface area contributed by atoms with Crippen LogP contribution in [0.5, 0.6) is 11.5 Å². The molecule has 126 valence electrons. The molecule has 1 atom stereocenters. The van der Waals surface area contributed by atoms with Gasteiger partial charge in [0.15, 0.2) is 21.3 Å². The van der Waals surface area contributed by atoms with Gasteiger partial charge in [0.05, 0.1) is 11.5 Å². The van der Waals surface area contributed by atoms with Crippen molar-refractivity contribution >= 4 is 15.9 Å². The van der Waals surface area contributed by atoms with Gasteiger partial charge < -0.3 is 19.7 Å². The Morgan fingerprint density at radius 3 is 2.74 bits per heavy atom. The number of ether oxygens (including phenoxy) is 2. The van der Waals surface area contributed by atoms with Crippen molar-refractivity contribution < 1.29 is 22.7 Å². The maximum absolute atomic E-state index is 12.2. The molecule has 0 aliphatic carbocycles. The number of hydrogen-bond donors (Lipinski definition) is 1. The van der Waals surface area contributed by atoms with E-state index in [4.69, 9.17) is 9.47 Å². The van der Waals surface area contributed by atoms with Crippen molar-refractivity contribution in [2.75, 3.05) is 31.8 Å². The lowest BCUT2D eigenvalue weighted by atomic mass is 10.2. The molecule has 2 aliphatic rings. The minimum Gasteiger partial charge on any atom is -0.486 e. The van der Waals surface area contributed by atoms with Gasteiger partial charge in [-0.25, -0.2) is 13.2 Å². The summed E-state index contributed by atoms with van der Waals surface area (Å²) in [6.45, 7) is 1.40. The number of sulfone groups is 1. The van der Waals surface area contributed by atoms with Crippen molar-refractivity contribution in [1.29, 1.82) is 0 Å². The van der Waals surface area contributed by atoms with Crippen LogP contribution in [0.15, 0.2) is 18.2 Å². The van der Waals surface area contributed by atoms with Crippen LogP contribution in [0.4, 0.5) is 4.79 Å². The van der Waals surface area contributed by atoms with Gasteiger partial charge in [0.1, 0.15) is 13.2 Å². The fourth-order valence-electron chi connectivity index (χ4n) is 2.75. The van der Waals surface area contributed by atoms with Crippen LogP contribution in [0.2, 0.25) is 0 Å². The fourth-order valence-corrected chi connectivity index (χ4v) is 4.52. The number of amides is 2. The molecule has 7 nitrogen and oxygen atoms in total. The predicted molar refractivity (Wildman–Crippen MR) is 84.5 cm³/mol. The number of hydrogen-bond acceptors (Lipinski definition) is 5. The van der Waals surface area contributed by atoms with Gasteiger partial charge in [0.2, 0.25) is 0 Å². The minimum absolute atomic E-state index is 0.0426. The Kier molecular flexibility index (Phi) is 4.34. The Labute approximate surface area is 135 Å². The van der Waals surface area contributed by atoms with E-state index < -0.39 is 9.84 Å². The lowest BCUT2D eigenvalue weighted by Crippen LogP contribution is -2.43. The molecule has 2 amide bonds. The van der Waals surface area contributed by atoms with Gasteiger partial charge in [-0.2, -0.15) is 0 Å². The zero-order valence-corrected chi connectivity index (χ0v) is 13.8. The molecule has 3 rings (SSSR count). The van der Waals surface area contributed by atoms with Gasteiger partial charge in [-0.05, 0) is 24.1 Å². The van der Waals surface area contributed by atoms with Crippen LogP contribution in [-0.2, 0) is 16.4 Å². The Bertz CT molecular complexity index is 704. The number of nitrogens with one attached hydrogen (secondary N) is 1. The summed E-state index contributed by atoms with van der Waals surface area (Å²) in [5.41, 5.74) is 0.898. The van der Waals surface area contributed by atoms with Crippen molar-refractivity contribution in [3.05, 3.63) is 23.8 Å². The SMILES string of the molecule is CN(C(=O)NCc1ccc2c(c1)OCCO2)[C@@H]1CCS(=O)(=O)C1. The molecule has 0 spiro atoms. The standard InChI is InChI=1S/C15H20N2O5S/c1-17(12-4-7-23(19,20)10-12)15(18)16-9-11-2-3-13-14(8-11)22-6-5-21-13/h2-3,8,12H,4-7,9-10H2,1H3,(H,16,18)/t12-/m1/s1. The van der Waals surface area contributed by atoms with E-state index >= 15 is 0 Å². The van der Waals surface area contributed by atoms with Gasteiger partial charge in [-0.1, -0.05) is 6.07 Å². The van der Waals surface area contributed by atoms with Crippen LogP contribution in [0.3, 0.4) is 0 Å². The summed E-state index contributed by atoms with van der Waals surface area (Å²) < 4.78 is 34.0. The maximum Gasteiger partial charge on any atom is 0.317 e. The molecule has 2 heterocycles. The lowest BCUT2D eigenvalue weighted by molar-refractivity contribution is 0.171. The fraction of sp³-hybridized carbons (Fsp3) is 0.533. The van der Waals surface area contributed by atoms with Crippen LogP contribution in [0.25, 0.3) is 0 Å². The highest BCUT2D eigenvalue weighted by atomic mass is 32.2. The quantitative estimate of drug-likeness (QED) is 0.879. The Morgan fingerprint density at radius 1 is 1.30 bits per heavy atom. The summed E-state index contributed by atoms with van der Waals surface area (Å²) >= 11 is 0. The van der Waals surface area contributed by atoms with Gasteiger partial charge in [0.25, 0.3) is 0 Å². The van der Waals surface area contributed by atoms with E-state index in [1.54, 1.807) is 7.05 Å². The Morgan fingerprint density at radius 2 is 2.04 bits per heavy atom. The third-order valence-electron chi connectivity index (χ3n) is 4.13. The van der Waals surface area contributed by atoms with E-state index in [0.29, 0.717) is 37.7 Å². The van der Waals surface area contributed by atoms with Gasteiger partial charge in [-0.3, -0.25) is 0 Å². The molecule has 0 saturated carbocycles. The number of carbonyl (C=O) groups excluding carboxylic acids is 1. The van der Waals surface area contributed by atoms with Crippen molar-refractivity contribution in [1.82, 2.24) is 10.2 Å². The molecule has 1 fully saturated rings. The second kappa shape index (κ2) is 6.27. The first-order valence-electron chi connectivity index (χ1n) is 7.54. The van der Waals surface area contributed by atoms with Crippen molar-refractivity contribution in [3.63, 3.8) is 0 Å². The van der Waals surface area contributed by atoms with E-state index in [2.05, 4.69) is 5.32 Å². The summed E-state index contributed by atoms with van der Waals surface area (Å²) in [6, 6.07) is 5.01. The number of nitrogens with zero attached hydrogens (tertiary/aromatic N) is 1. The number of fused-ring (bicyclic) bond motifs is 1. The molecular formula is C15H20N2O5S. The average molecular weight is 340 g/mol. The first kappa shape index (κ1) is 15.9. The summed E-state index contributed by atoms with van der Waals surface area (Å²) in [5, 5.41) is 2.81. The second-order valence-electron chi connectivity index (χ2n) is 5.80. The normalized spacial score (nSPS) is 21.7. The van der Waals surface area contributed by atoms with E-state index in [1.165, 1.54) is 4.90 Å². The highest BCUT2D eigenvalue weighted by Crippen LogP contribution is 2.30. The molecule has 1 aromatic rings. The van der Waals surface area contributed by atoms with E-state index in [1.807, 2.05) is 18.2 Å². The zero-order valence-electron chi connectivity index (χ0n) is 12.9. The van der Waals surface area contributed by atoms with Crippen LogP contribution in [-0.4, -0.2) is 57.2 Å². The summed E-state index contributed by atoms with van der Waals surface area (Å²) in [5.74, 6) is 1.58. The molecule has 2 aliphatic heterocycles. The molecule has 0 bridgehead atoms. The Hall–Kier alpha value is -1.96. The van der Waals surface area contributed by atoms with E-state index in [9.17, 15) is 13.2 Å². The van der Waals surface area contributed by atoms with Crippen molar-refractivity contribution in [2.24, 2.45) is 0 Å². The van der Waals surface area contributed by atoms with Crippen LogP contribution in [0, 0.1) is 0 Å². The number of carbonyl (C=O) groups is 1.